The summed E-state index contributed by atoms with van der Waals surface area (Å²) in [5, 5.41) is 0. The Kier molecular flexibility index (Phi) is 2.43. The first-order chi connectivity index (χ1) is 5.65. The summed E-state index contributed by atoms with van der Waals surface area (Å²) in [4.78, 5) is 22.2. The van der Waals surface area contributed by atoms with Crippen LogP contribution in [0.25, 0.3) is 0 Å². The third-order valence-corrected chi connectivity index (χ3v) is 1.54. The van der Waals surface area contributed by atoms with Gasteiger partial charge < -0.3 is 4.74 Å². The van der Waals surface area contributed by atoms with Crippen molar-refractivity contribution in [2.75, 3.05) is 6.61 Å². The zero-order chi connectivity index (χ0) is 9.14. The molecule has 0 aliphatic heterocycles. The normalized spacial score (nSPS) is 17.2. The Morgan fingerprint density at radius 2 is 1.92 bits per heavy atom. The molecular weight excluding hydrogens is 156 g/mol. The van der Waals surface area contributed by atoms with E-state index in [1.807, 2.05) is 0 Å². The Labute approximate surface area is 70.7 Å². The number of hydrogen-bond donors (Lipinski definition) is 0. The fourth-order valence-corrected chi connectivity index (χ4v) is 0.911. The highest BCUT2D eigenvalue weighted by atomic mass is 16.5. The van der Waals surface area contributed by atoms with Crippen molar-refractivity contribution in [3.05, 3.63) is 23.5 Å². The van der Waals surface area contributed by atoms with E-state index in [2.05, 4.69) is 0 Å². The number of carbonyl (C=O) groups excluding carboxylic acids is 2. The molecule has 64 valence electrons. The second kappa shape index (κ2) is 3.34. The lowest BCUT2D eigenvalue weighted by atomic mass is 10.0. The molecule has 0 N–H and O–H groups in total. The second-order valence-corrected chi connectivity index (χ2v) is 2.50. The standard InChI is InChI=1S/C9H10O3/c1-3-12-9-5-7(10)6(2)4-8(9)11/h4-5H,3H2,1-2H3. The van der Waals surface area contributed by atoms with Crippen LogP contribution in [0.5, 0.6) is 0 Å². The number of ether oxygens (including phenoxy) is 1. The Balaban J connectivity index is 2.85. The third-order valence-electron chi connectivity index (χ3n) is 1.54. The smallest absolute Gasteiger partial charge is 0.220 e. The quantitative estimate of drug-likeness (QED) is 0.575. The van der Waals surface area contributed by atoms with Gasteiger partial charge in [0, 0.05) is 11.6 Å². The average molecular weight is 166 g/mol. The van der Waals surface area contributed by atoms with Gasteiger partial charge in [0.25, 0.3) is 0 Å². The van der Waals surface area contributed by atoms with Crippen molar-refractivity contribution in [2.45, 2.75) is 13.8 Å². The summed E-state index contributed by atoms with van der Waals surface area (Å²) in [7, 11) is 0. The van der Waals surface area contributed by atoms with Crippen molar-refractivity contribution >= 4 is 11.6 Å². The maximum atomic E-state index is 11.1. The molecule has 0 unspecified atom stereocenters. The minimum atomic E-state index is -0.228. The van der Waals surface area contributed by atoms with Crippen LogP contribution >= 0.6 is 0 Å². The summed E-state index contributed by atoms with van der Waals surface area (Å²) < 4.78 is 4.96. The van der Waals surface area contributed by atoms with Gasteiger partial charge in [0.15, 0.2) is 11.5 Å². The minimum absolute atomic E-state index is 0.146. The second-order valence-electron chi connectivity index (χ2n) is 2.50. The number of allylic oxidation sites excluding steroid dienone is 3. The molecule has 0 heterocycles. The van der Waals surface area contributed by atoms with E-state index in [9.17, 15) is 9.59 Å². The van der Waals surface area contributed by atoms with Gasteiger partial charge in [0.2, 0.25) is 5.78 Å². The number of rotatable bonds is 2. The van der Waals surface area contributed by atoms with Crippen LogP contribution in [-0.4, -0.2) is 18.2 Å². The van der Waals surface area contributed by atoms with Crippen LogP contribution in [-0.2, 0) is 14.3 Å². The number of ketones is 2. The summed E-state index contributed by atoms with van der Waals surface area (Å²) in [6.07, 6.45) is 2.54. The highest BCUT2D eigenvalue weighted by Gasteiger charge is 2.17. The van der Waals surface area contributed by atoms with Crippen molar-refractivity contribution in [3.8, 4) is 0 Å². The van der Waals surface area contributed by atoms with E-state index in [4.69, 9.17) is 4.74 Å². The molecule has 0 saturated heterocycles. The van der Waals surface area contributed by atoms with Crippen LogP contribution < -0.4 is 0 Å². The van der Waals surface area contributed by atoms with Gasteiger partial charge in [-0.1, -0.05) is 0 Å². The number of carbonyl (C=O) groups is 2. The van der Waals surface area contributed by atoms with E-state index in [1.54, 1.807) is 13.8 Å². The zero-order valence-corrected chi connectivity index (χ0v) is 7.09. The monoisotopic (exact) mass is 166 g/mol. The first-order valence-electron chi connectivity index (χ1n) is 3.76. The lowest BCUT2D eigenvalue weighted by Crippen LogP contribution is -2.13. The van der Waals surface area contributed by atoms with Gasteiger partial charge in [-0.2, -0.15) is 0 Å². The maximum absolute atomic E-state index is 11.1. The fraction of sp³-hybridized carbons (Fsp3) is 0.333. The predicted octanol–water partition coefficient (Wildman–Crippen LogP) is 1.00. The molecule has 0 radical (unpaired) electrons. The SMILES string of the molecule is CCOC1=CC(=O)C(C)=CC1=O. The molecule has 0 fully saturated rings. The first-order valence-corrected chi connectivity index (χ1v) is 3.76. The van der Waals surface area contributed by atoms with Crippen molar-refractivity contribution in [1.29, 1.82) is 0 Å². The molecule has 0 saturated carbocycles. The van der Waals surface area contributed by atoms with Crippen molar-refractivity contribution < 1.29 is 14.3 Å². The van der Waals surface area contributed by atoms with Gasteiger partial charge in [-0.3, -0.25) is 9.59 Å². The fourth-order valence-electron chi connectivity index (χ4n) is 0.911. The molecule has 0 aromatic heterocycles. The lowest BCUT2D eigenvalue weighted by Gasteiger charge is -2.09. The van der Waals surface area contributed by atoms with Crippen LogP contribution in [0.3, 0.4) is 0 Å². The van der Waals surface area contributed by atoms with Crippen LogP contribution in [0.15, 0.2) is 23.5 Å². The largest absolute Gasteiger partial charge is 0.490 e. The molecule has 3 nitrogen and oxygen atoms in total. The minimum Gasteiger partial charge on any atom is -0.490 e. The predicted molar refractivity (Wildman–Crippen MR) is 43.5 cm³/mol. The van der Waals surface area contributed by atoms with Crippen molar-refractivity contribution in [3.63, 3.8) is 0 Å². The maximum Gasteiger partial charge on any atom is 0.220 e. The van der Waals surface area contributed by atoms with E-state index in [1.165, 1.54) is 12.2 Å². The van der Waals surface area contributed by atoms with Crippen LogP contribution in [0.1, 0.15) is 13.8 Å². The molecule has 3 heteroatoms. The molecule has 12 heavy (non-hydrogen) atoms. The first kappa shape index (κ1) is 8.71. The highest BCUT2D eigenvalue weighted by molar-refractivity contribution is 6.18. The Hall–Kier alpha value is -1.38. The van der Waals surface area contributed by atoms with Gasteiger partial charge in [0.05, 0.1) is 6.61 Å². The molecule has 0 aromatic rings. The average Bonchev–Trinajstić information content (AvgIpc) is 2.01. The molecule has 0 amide bonds. The van der Waals surface area contributed by atoms with Gasteiger partial charge in [-0.05, 0) is 19.9 Å². The summed E-state index contributed by atoms with van der Waals surface area (Å²) in [5.74, 6) is -0.236. The Morgan fingerprint density at radius 1 is 1.25 bits per heavy atom. The Bertz CT molecular complexity index is 284. The van der Waals surface area contributed by atoms with Crippen LogP contribution in [0, 0.1) is 0 Å². The molecule has 1 aliphatic rings. The van der Waals surface area contributed by atoms with E-state index in [0.717, 1.165) is 0 Å². The topological polar surface area (TPSA) is 43.4 Å². The molecule has 0 bridgehead atoms. The molecule has 1 rings (SSSR count). The van der Waals surface area contributed by atoms with E-state index in [0.29, 0.717) is 12.2 Å². The number of hydrogen-bond acceptors (Lipinski definition) is 3. The summed E-state index contributed by atoms with van der Waals surface area (Å²) in [5.41, 5.74) is 0.462. The molecule has 0 spiro atoms. The molecular formula is C9H10O3. The van der Waals surface area contributed by atoms with Gasteiger partial charge in [-0.15, -0.1) is 0 Å². The van der Waals surface area contributed by atoms with Crippen LogP contribution in [0.4, 0.5) is 0 Å². The highest BCUT2D eigenvalue weighted by Crippen LogP contribution is 2.11. The molecule has 0 aromatic carbocycles. The van der Waals surface area contributed by atoms with Crippen molar-refractivity contribution in [1.82, 2.24) is 0 Å². The molecule has 1 aliphatic carbocycles. The zero-order valence-electron chi connectivity index (χ0n) is 7.09. The van der Waals surface area contributed by atoms with Gasteiger partial charge in [0.1, 0.15) is 0 Å². The van der Waals surface area contributed by atoms with Gasteiger partial charge >= 0.3 is 0 Å². The van der Waals surface area contributed by atoms with E-state index >= 15 is 0 Å². The summed E-state index contributed by atoms with van der Waals surface area (Å²) in [6, 6.07) is 0. The van der Waals surface area contributed by atoms with Gasteiger partial charge in [-0.25, -0.2) is 0 Å². The van der Waals surface area contributed by atoms with Crippen molar-refractivity contribution in [2.24, 2.45) is 0 Å². The lowest BCUT2D eigenvalue weighted by molar-refractivity contribution is -0.117. The summed E-state index contributed by atoms with van der Waals surface area (Å²) >= 11 is 0. The van der Waals surface area contributed by atoms with Crippen LogP contribution in [0.2, 0.25) is 0 Å². The Morgan fingerprint density at radius 3 is 2.50 bits per heavy atom. The summed E-state index contributed by atoms with van der Waals surface area (Å²) in [6.45, 7) is 3.78. The molecule has 0 atom stereocenters. The van der Waals surface area contributed by atoms with E-state index < -0.39 is 0 Å². The van der Waals surface area contributed by atoms with E-state index in [-0.39, 0.29) is 17.3 Å². The third kappa shape index (κ3) is 1.61.